The molecule has 0 saturated carbocycles. The second-order valence-electron chi connectivity index (χ2n) is 4.75. The van der Waals surface area contributed by atoms with Crippen LogP contribution in [0.5, 0.6) is 0 Å². The first-order valence-corrected chi connectivity index (χ1v) is 6.04. The van der Waals surface area contributed by atoms with Gasteiger partial charge in [-0.05, 0) is 18.1 Å². The van der Waals surface area contributed by atoms with Crippen LogP contribution in [0.4, 0.5) is 10.5 Å². The van der Waals surface area contributed by atoms with Gasteiger partial charge in [-0.3, -0.25) is 9.69 Å². The number of hydrogen-bond donors (Lipinski definition) is 1. The lowest BCUT2D eigenvalue weighted by molar-refractivity contribution is -0.146. The van der Waals surface area contributed by atoms with Crippen LogP contribution in [0.2, 0.25) is 0 Å². The summed E-state index contributed by atoms with van der Waals surface area (Å²) in [7, 11) is 0. The maximum atomic E-state index is 12.2. The Hall–Kier alpha value is -2.04. The first kappa shape index (κ1) is 11.1. The lowest BCUT2D eigenvalue weighted by Crippen LogP contribution is -2.57. The number of carbonyl (C=O) groups excluding carboxylic acids is 1. The summed E-state index contributed by atoms with van der Waals surface area (Å²) < 4.78 is 0. The van der Waals surface area contributed by atoms with Gasteiger partial charge in [0.05, 0.1) is 5.92 Å². The largest absolute Gasteiger partial charge is 0.481 e. The monoisotopic (exact) mass is 246 g/mol. The number of carboxylic acids is 1. The van der Waals surface area contributed by atoms with Crippen molar-refractivity contribution in [1.29, 1.82) is 0 Å². The zero-order valence-corrected chi connectivity index (χ0v) is 9.87. The molecule has 2 aliphatic rings. The molecule has 1 saturated heterocycles. The molecule has 0 radical (unpaired) electrons. The van der Waals surface area contributed by atoms with Crippen molar-refractivity contribution >= 4 is 17.7 Å². The number of nitrogens with zero attached hydrogens (tertiary/aromatic N) is 2. The SMILES string of the molecule is O=C(O)C1CN(C(=O)N2CCc3ccccc32)C1. The number of para-hydroxylation sites is 1. The fourth-order valence-electron chi connectivity index (χ4n) is 2.50. The highest BCUT2D eigenvalue weighted by Gasteiger charge is 2.39. The molecule has 3 rings (SSSR count). The normalized spacial score (nSPS) is 18.4. The van der Waals surface area contributed by atoms with Gasteiger partial charge < -0.3 is 10.0 Å². The third kappa shape index (κ3) is 1.63. The molecule has 1 aromatic carbocycles. The lowest BCUT2D eigenvalue weighted by Gasteiger charge is -2.39. The van der Waals surface area contributed by atoms with E-state index in [0.717, 1.165) is 12.1 Å². The topological polar surface area (TPSA) is 60.9 Å². The van der Waals surface area contributed by atoms with Gasteiger partial charge in [-0.25, -0.2) is 4.79 Å². The summed E-state index contributed by atoms with van der Waals surface area (Å²) in [6.07, 6.45) is 0.873. The van der Waals surface area contributed by atoms with Crippen LogP contribution in [0.25, 0.3) is 0 Å². The molecule has 18 heavy (non-hydrogen) atoms. The van der Waals surface area contributed by atoms with Gasteiger partial charge in [-0.2, -0.15) is 0 Å². The Morgan fingerprint density at radius 3 is 2.67 bits per heavy atom. The van der Waals surface area contributed by atoms with Crippen LogP contribution in [-0.4, -0.2) is 41.6 Å². The minimum atomic E-state index is -0.819. The lowest BCUT2D eigenvalue weighted by atomic mass is 10.0. The van der Waals surface area contributed by atoms with Crippen LogP contribution in [0.3, 0.4) is 0 Å². The molecule has 0 unspecified atom stereocenters. The molecule has 2 heterocycles. The molecule has 5 heteroatoms. The number of benzene rings is 1. The second kappa shape index (κ2) is 4.01. The molecule has 0 bridgehead atoms. The van der Waals surface area contributed by atoms with Gasteiger partial charge in [0.1, 0.15) is 0 Å². The maximum absolute atomic E-state index is 12.2. The Labute approximate surface area is 105 Å². The number of carbonyl (C=O) groups is 2. The van der Waals surface area contributed by atoms with Crippen molar-refractivity contribution in [3.8, 4) is 0 Å². The number of amides is 2. The molecular formula is C13H14N2O3. The molecule has 2 amide bonds. The van der Waals surface area contributed by atoms with E-state index in [-0.39, 0.29) is 6.03 Å². The number of hydrogen-bond acceptors (Lipinski definition) is 2. The van der Waals surface area contributed by atoms with Crippen LogP contribution >= 0.6 is 0 Å². The number of likely N-dealkylation sites (tertiary alicyclic amines) is 1. The molecule has 1 aromatic rings. The van der Waals surface area contributed by atoms with E-state index >= 15 is 0 Å². The molecule has 5 nitrogen and oxygen atoms in total. The van der Waals surface area contributed by atoms with Crippen molar-refractivity contribution in [2.24, 2.45) is 5.92 Å². The summed E-state index contributed by atoms with van der Waals surface area (Å²) in [6.45, 7) is 1.34. The van der Waals surface area contributed by atoms with E-state index < -0.39 is 11.9 Å². The van der Waals surface area contributed by atoms with Crippen molar-refractivity contribution in [2.45, 2.75) is 6.42 Å². The smallest absolute Gasteiger partial charge is 0.324 e. The summed E-state index contributed by atoms with van der Waals surface area (Å²) in [4.78, 5) is 26.3. The van der Waals surface area contributed by atoms with E-state index in [1.165, 1.54) is 5.56 Å². The zero-order valence-electron chi connectivity index (χ0n) is 9.87. The highest BCUT2D eigenvalue weighted by Crippen LogP contribution is 2.30. The zero-order chi connectivity index (χ0) is 12.7. The molecule has 1 fully saturated rings. The molecule has 0 spiro atoms. The first-order chi connectivity index (χ1) is 8.66. The van der Waals surface area contributed by atoms with Crippen molar-refractivity contribution in [2.75, 3.05) is 24.5 Å². The number of carboxylic acid groups (broad SMARTS) is 1. The minimum absolute atomic E-state index is 0.0718. The number of anilines is 1. The van der Waals surface area contributed by atoms with Crippen LogP contribution in [0.1, 0.15) is 5.56 Å². The molecule has 94 valence electrons. The van der Waals surface area contributed by atoms with Gasteiger partial charge in [-0.1, -0.05) is 18.2 Å². The number of urea groups is 1. The third-order valence-electron chi connectivity index (χ3n) is 3.62. The van der Waals surface area contributed by atoms with Crippen molar-refractivity contribution in [1.82, 2.24) is 4.90 Å². The average molecular weight is 246 g/mol. The standard InChI is InChI=1S/C13H14N2O3/c16-12(17)10-7-14(8-10)13(18)15-6-5-9-3-1-2-4-11(9)15/h1-4,10H,5-8H2,(H,16,17). The van der Waals surface area contributed by atoms with Crippen LogP contribution < -0.4 is 4.90 Å². The highest BCUT2D eigenvalue weighted by atomic mass is 16.4. The number of fused-ring (bicyclic) bond motifs is 1. The van der Waals surface area contributed by atoms with Crippen molar-refractivity contribution in [3.05, 3.63) is 29.8 Å². The van der Waals surface area contributed by atoms with E-state index in [0.29, 0.717) is 19.6 Å². The Bertz CT molecular complexity index is 509. The van der Waals surface area contributed by atoms with Crippen LogP contribution in [0.15, 0.2) is 24.3 Å². The Balaban J connectivity index is 1.71. The summed E-state index contributed by atoms with van der Waals surface area (Å²) in [5, 5.41) is 8.80. The fraction of sp³-hybridized carbons (Fsp3) is 0.385. The van der Waals surface area contributed by atoms with E-state index in [4.69, 9.17) is 5.11 Å². The van der Waals surface area contributed by atoms with Gasteiger partial charge in [0, 0.05) is 25.3 Å². The predicted octanol–water partition coefficient (Wildman–Crippen LogP) is 1.19. The number of rotatable bonds is 1. The number of aliphatic carboxylic acids is 1. The predicted molar refractivity (Wildman–Crippen MR) is 65.6 cm³/mol. The Kier molecular flexibility index (Phi) is 2.47. The molecule has 2 aliphatic heterocycles. The fourth-order valence-corrected chi connectivity index (χ4v) is 2.50. The van der Waals surface area contributed by atoms with Gasteiger partial charge in [0.25, 0.3) is 0 Å². The Morgan fingerprint density at radius 2 is 1.94 bits per heavy atom. The highest BCUT2D eigenvalue weighted by molar-refractivity contribution is 5.95. The summed E-state index contributed by atoms with van der Waals surface area (Å²) in [5.74, 6) is -1.22. The minimum Gasteiger partial charge on any atom is -0.481 e. The summed E-state index contributed by atoms with van der Waals surface area (Å²) in [5.41, 5.74) is 2.14. The van der Waals surface area contributed by atoms with Crippen molar-refractivity contribution in [3.63, 3.8) is 0 Å². The van der Waals surface area contributed by atoms with Gasteiger partial charge in [-0.15, -0.1) is 0 Å². The van der Waals surface area contributed by atoms with E-state index in [2.05, 4.69) is 0 Å². The van der Waals surface area contributed by atoms with Crippen LogP contribution in [-0.2, 0) is 11.2 Å². The van der Waals surface area contributed by atoms with Crippen LogP contribution in [0, 0.1) is 5.92 Å². The van der Waals surface area contributed by atoms with Crippen molar-refractivity contribution < 1.29 is 14.7 Å². The quantitative estimate of drug-likeness (QED) is 0.809. The van der Waals surface area contributed by atoms with Gasteiger partial charge in [0.15, 0.2) is 0 Å². The summed E-state index contributed by atoms with van der Waals surface area (Å²) in [6, 6.07) is 7.78. The van der Waals surface area contributed by atoms with E-state index in [1.54, 1.807) is 9.80 Å². The third-order valence-corrected chi connectivity index (χ3v) is 3.62. The first-order valence-electron chi connectivity index (χ1n) is 6.04. The molecular weight excluding hydrogens is 232 g/mol. The average Bonchev–Trinajstić information content (AvgIpc) is 2.69. The second-order valence-corrected chi connectivity index (χ2v) is 4.75. The molecule has 0 atom stereocenters. The maximum Gasteiger partial charge on any atom is 0.324 e. The molecule has 0 aromatic heterocycles. The molecule has 1 N–H and O–H groups in total. The Morgan fingerprint density at radius 1 is 1.22 bits per heavy atom. The van der Waals surface area contributed by atoms with E-state index in [9.17, 15) is 9.59 Å². The summed E-state index contributed by atoms with van der Waals surface area (Å²) >= 11 is 0. The van der Waals surface area contributed by atoms with E-state index in [1.807, 2.05) is 24.3 Å². The van der Waals surface area contributed by atoms with Gasteiger partial charge >= 0.3 is 12.0 Å². The molecule has 0 aliphatic carbocycles. The van der Waals surface area contributed by atoms with Gasteiger partial charge in [0.2, 0.25) is 0 Å².